The van der Waals surface area contributed by atoms with Gasteiger partial charge in [0.25, 0.3) is 5.91 Å². The third kappa shape index (κ3) is 11.1. The number of hydrogen-bond acceptors (Lipinski definition) is 6. The number of esters is 1. The van der Waals surface area contributed by atoms with E-state index in [1.807, 2.05) is 17.5 Å². The van der Waals surface area contributed by atoms with Crippen molar-refractivity contribution in [2.24, 2.45) is 0 Å². The van der Waals surface area contributed by atoms with E-state index in [0.717, 1.165) is 6.42 Å². The van der Waals surface area contributed by atoms with Crippen LogP contribution in [-0.2, 0) is 25.5 Å². The van der Waals surface area contributed by atoms with E-state index in [4.69, 9.17) is 9.47 Å². The Morgan fingerprint density at radius 1 is 1.16 bits per heavy atom. The number of thiophene rings is 1. The maximum absolute atomic E-state index is 11.6. The van der Waals surface area contributed by atoms with Crippen LogP contribution in [0.25, 0.3) is 0 Å². The van der Waals surface area contributed by atoms with Crippen molar-refractivity contribution >= 4 is 29.3 Å². The van der Waals surface area contributed by atoms with Crippen LogP contribution in [0.4, 0.5) is 4.79 Å². The standard InChI is InChI=1S/C17H26N2O5S/c1-17(2,3)24-16(22)19-9-4-7-15(21)23-12-14(20)18-10-8-13-6-5-11-25-13/h5-6,11H,4,7-10,12H2,1-3H3,(H,18,20)(H,19,22). The van der Waals surface area contributed by atoms with Gasteiger partial charge in [0.15, 0.2) is 6.61 Å². The van der Waals surface area contributed by atoms with Crippen molar-refractivity contribution in [3.8, 4) is 0 Å². The average molecular weight is 370 g/mol. The number of carbonyl (C=O) groups is 3. The molecule has 1 aromatic heterocycles. The fourth-order valence-electron chi connectivity index (χ4n) is 1.79. The fraction of sp³-hybridized carbons (Fsp3) is 0.588. The van der Waals surface area contributed by atoms with Gasteiger partial charge in [0, 0.05) is 24.4 Å². The van der Waals surface area contributed by atoms with E-state index < -0.39 is 17.7 Å². The normalized spacial score (nSPS) is 10.8. The lowest BCUT2D eigenvalue weighted by molar-refractivity contribution is -0.148. The van der Waals surface area contributed by atoms with Crippen molar-refractivity contribution in [3.63, 3.8) is 0 Å². The van der Waals surface area contributed by atoms with E-state index >= 15 is 0 Å². The summed E-state index contributed by atoms with van der Waals surface area (Å²) in [4.78, 5) is 35.7. The molecule has 0 aromatic carbocycles. The molecule has 140 valence electrons. The monoisotopic (exact) mass is 370 g/mol. The molecule has 0 fully saturated rings. The summed E-state index contributed by atoms with van der Waals surface area (Å²) in [5.74, 6) is -0.795. The summed E-state index contributed by atoms with van der Waals surface area (Å²) in [5.41, 5.74) is -0.556. The third-order valence-corrected chi connectivity index (χ3v) is 3.80. The number of nitrogens with one attached hydrogen (secondary N) is 2. The van der Waals surface area contributed by atoms with Gasteiger partial charge in [-0.25, -0.2) is 4.79 Å². The van der Waals surface area contributed by atoms with Crippen molar-refractivity contribution in [2.45, 2.75) is 45.6 Å². The summed E-state index contributed by atoms with van der Waals surface area (Å²) >= 11 is 1.63. The van der Waals surface area contributed by atoms with Gasteiger partial charge in [0.1, 0.15) is 5.60 Å². The molecule has 8 heteroatoms. The van der Waals surface area contributed by atoms with E-state index in [9.17, 15) is 14.4 Å². The highest BCUT2D eigenvalue weighted by Gasteiger charge is 2.15. The van der Waals surface area contributed by atoms with E-state index in [-0.39, 0.29) is 18.9 Å². The number of alkyl carbamates (subject to hydrolysis) is 1. The number of hydrogen-bond donors (Lipinski definition) is 2. The predicted octanol–water partition coefficient (Wildman–Crippen LogP) is 2.25. The SMILES string of the molecule is CC(C)(C)OC(=O)NCCCC(=O)OCC(=O)NCCc1cccs1. The van der Waals surface area contributed by atoms with Crippen LogP contribution in [0.15, 0.2) is 17.5 Å². The molecule has 0 spiro atoms. The summed E-state index contributed by atoms with van der Waals surface area (Å²) in [5, 5.41) is 7.23. The summed E-state index contributed by atoms with van der Waals surface area (Å²) in [6.45, 7) is 5.84. The minimum absolute atomic E-state index is 0.123. The van der Waals surface area contributed by atoms with Gasteiger partial charge in [0.05, 0.1) is 0 Å². The molecule has 0 aliphatic carbocycles. The maximum Gasteiger partial charge on any atom is 0.407 e. The number of carbonyl (C=O) groups excluding carboxylic acids is 3. The lowest BCUT2D eigenvalue weighted by Gasteiger charge is -2.19. The Morgan fingerprint density at radius 3 is 2.56 bits per heavy atom. The summed E-state index contributed by atoms with van der Waals surface area (Å²) < 4.78 is 9.96. The van der Waals surface area contributed by atoms with Crippen LogP contribution in [0.5, 0.6) is 0 Å². The highest BCUT2D eigenvalue weighted by atomic mass is 32.1. The second kappa shape index (κ2) is 10.7. The first kappa shape index (κ1) is 21.0. The molecular formula is C17H26N2O5S. The number of ether oxygens (including phenoxy) is 2. The molecule has 1 rings (SSSR count). The van der Waals surface area contributed by atoms with Gasteiger partial charge >= 0.3 is 12.1 Å². The summed E-state index contributed by atoms with van der Waals surface area (Å²) in [6, 6.07) is 3.96. The molecule has 7 nitrogen and oxygen atoms in total. The first-order valence-corrected chi connectivity index (χ1v) is 9.06. The second-order valence-corrected chi connectivity index (χ2v) is 7.40. The zero-order valence-electron chi connectivity index (χ0n) is 14.9. The molecular weight excluding hydrogens is 344 g/mol. The largest absolute Gasteiger partial charge is 0.456 e. The van der Waals surface area contributed by atoms with Crippen LogP contribution in [0.3, 0.4) is 0 Å². The Labute approximate surface area is 152 Å². The van der Waals surface area contributed by atoms with E-state index in [2.05, 4.69) is 10.6 Å². The molecule has 1 heterocycles. The van der Waals surface area contributed by atoms with Crippen molar-refractivity contribution in [1.29, 1.82) is 0 Å². The van der Waals surface area contributed by atoms with Gasteiger partial charge < -0.3 is 20.1 Å². The third-order valence-electron chi connectivity index (χ3n) is 2.86. The van der Waals surface area contributed by atoms with Crippen LogP contribution in [-0.4, -0.2) is 43.3 Å². The molecule has 0 aliphatic heterocycles. The maximum atomic E-state index is 11.6. The van der Waals surface area contributed by atoms with Crippen molar-refractivity contribution in [2.75, 3.05) is 19.7 Å². The van der Waals surface area contributed by atoms with Gasteiger partial charge in [-0.15, -0.1) is 11.3 Å². The van der Waals surface area contributed by atoms with Gasteiger partial charge in [-0.3, -0.25) is 9.59 Å². The Balaban J connectivity index is 2.02. The number of rotatable bonds is 9. The van der Waals surface area contributed by atoms with Gasteiger partial charge in [-0.2, -0.15) is 0 Å². The Kier molecular flexibility index (Phi) is 8.98. The molecule has 0 atom stereocenters. The molecule has 0 radical (unpaired) electrons. The average Bonchev–Trinajstić information content (AvgIpc) is 3.01. The highest BCUT2D eigenvalue weighted by molar-refractivity contribution is 7.09. The fourth-order valence-corrected chi connectivity index (χ4v) is 2.50. The predicted molar refractivity (Wildman–Crippen MR) is 95.5 cm³/mol. The highest BCUT2D eigenvalue weighted by Crippen LogP contribution is 2.08. The first-order valence-electron chi connectivity index (χ1n) is 8.18. The topological polar surface area (TPSA) is 93.7 Å². The van der Waals surface area contributed by atoms with Crippen molar-refractivity contribution in [1.82, 2.24) is 10.6 Å². The smallest absolute Gasteiger partial charge is 0.407 e. The van der Waals surface area contributed by atoms with Gasteiger partial charge in [-0.1, -0.05) is 6.07 Å². The van der Waals surface area contributed by atoms with Crippen LogP contribution < -0.4 is 10.6 Å². The molecule has 2 N–H and O–H groups in total. The Morgan fingerprint density at radius 2 is 1.92 bits per heavy atom. The van der Waals surface area contributed by atoms with E-state index in [0.29, 0.717) is 19.5 Å². The summed E-state index contributed by atoms with van der Waals surface area (Å²) in [7, 11) is 0. The zero-order valence-corrected chi connectivity index (χ0v) is 15.7. The molecule has 0 bridgehead atoms. The summed E-state index contributed by atoms with van der Waals surface area (Å²) in [6.07, 6.45) is 0.773. The van der Waals surface area contributed by atoms with Crippen molar-refractivity contribution < 1.29 is 23.9 Å². The Hall–Kier alpha value is -2.09. The molecule has 1 aromatic rings. The Bertz CT molecular complexity index is 552. The quantitative estimate of drug-likeness (QED) is 0.514. The lowest BCUT2D eigenvalue weighted by atomic mass is 10.2. The molecule has 0 aliphatic rings. The lowest BCUT2D eigenvalue weighted by Crippen LogP contribution is -2.33. The van der Waals surface area contributed by atoms with Crippen LogP contribution in [0, 0.1) is 0 Å². The molecule has 25 heavy (non-hydrogen) atoms. The molecule has 2 amide bonds. The first-order chi connectivity index (χ1) is 11.8. The van der Waals surface area contributed by atoms with Crippen molar-refractivity contribution in [3.05, 3.63) is 22.4 Å². The molecule has 0 saturated heterocycles. The zero-order chi connectivity index (χ0) is 18.7. The van der Waals surface area contributed by atoms with E-state index in [1.165, 1.54) is 4.88 Å². The van der Waals surface area contributed by atoms with Crippen LogP contribution in [0.1, 0.15) is 38.5 Å². The van der Waals surface area contributed by atoms with Gasteiger partial charge in [0.2, 0.25) is 0 Å². The van der Waals surface area contributed by atoms with Crippen LogP contribution in [0.2, 0.25) is 0 Å². The van der Waals surface area contributed by atoms with Crippen LogP contribution >= 0.6 is 11.3 Å². The van der Waals surface area contributed by atoms with Gasteiger partial charge in [-0.05, 0) is 45.1 Å². The molecule has 0 unspecified atom stereocenters. The number of amides is 2. The minimum atomic E-state index is -0.556. The van der Waals surface area contributed by atoms with E-state index in [1.54, 1.807) is 32.1 Å². The molecule has 0 saturated carbocycles. The minimum Gasteiger partial charge on any atom is -0.456 e. The second-order valence-electron chi connectivity index (χ2n) is 6.37.